The maximum Gasteiger partial charge on any atom is 0.223 e. The van der Waals surface area contributed by atoms with Gasteiger partial charge in [0.1, 0.15) is 0 Å². The van der Waals surface area contributed by atoms with Crippen LogP contribution in [0.5, 0.6) is 0 Å². The number of anilines is 2. The van der Waals surface area contributed by atoms with Crippen molar-refractivity contribution in [1.82, 2.24) is 9.88 Å². The van der Waals surface area contributed by atoms with Crippen LogP contribution >= 0.6 is 11.3 Å². The maximum absolute atomic E-state index is 12.2. The summed E-state index contributed by atoms with van der Waals surface area (Å²) in [6, 6.07) is 9.24. The van der Waals surface area contributed by atoms with Gasteiger partial charge in [-0.25, -0.2) is 4.98 Å². The van der Waals surface area contributed by atoms with Crippen LogP contribution in [0.3, 0.4) is 0 Å². The summed E-state index contributed by atoms with van der Waals surface area (Å²) in [5.74, 6) is 0.168. The Bertz CT molecular complexity index is 894. The second kappa shape index (κ2) is 7.40. The number of rotatable bonds is 2. The lowest BCUT2D eigenvalue weighted by Gasteiger charge is -2.45. The minimum Gasteiger partial charge on any atom is -0.348 e. The second-order valence-electron chi connectivity index (χ2n) is 8.93. The van der Waals surface area contributed by atoms with E-state index in [1.807, 2.05) is 4.90 Å². The van der Waals surface area contributed by atoms with Crippen LogP contribution in [0.15, 0.2) is 29.6 Å². The Morgan fingerprint density at radius 3 is 2.52 bits per heavy atom. The summed E-state index contributed by atoms with van der Waals surface area (Å²) in [5, 5.41) is 3.33. The van der Waals surface area contributed by atoms with E-state index < -0.39 is 0 Å². The van der Waals surface area contributed by atoms with E-state index in [0.29, 0.717) is 6.04 Å². The summed E-state index contributed by atoms with van der Waals surface area (Å²) in [6.07, 6.45) is 4.75. The molecular weight excluding hydrogens is 380 g/mol. The van der Waals surface area contributed by atoms with E-state index in [4.69, 9.17) is 0 Å². The fraction of sp³-hybridized carbons (Fsp3) is 0.565. The molecule has 1 aromatic heterocycles. The summed E-state index contributed by atoms with van der Waals surface area (Å²) in [4.78, 5) is 24.0. The van der Waals surface area contributed by atoms with Gasteiger partial charge >= 0.3 is 0 Å². The van der Waals surface area contributed by atoms with Gasteiger partial charge in [-0.1, -0.05) is 18.2 Å². The maximum atomic E-state index is 12.2. The highest BCUT2D eigenvalue weighted by Crippen LogP contribution is 2.47. The van der Waals surface area contributed by atoms with E-state index in [1.165, 1.54) is 23.5 Å². The molecule has 0 atom stereocenters. The zero-order valence-corrected chi connectivity index (χ0v) is 18.2. The van der Waals surface area contributed by atoms with Crippen LogP contribution in [0.4, 0.5) is 10.8 Å². The lowest BCUT2D eigenvalue weighted by Crippen LogP contribution is -2.51. The van der Waals surface area contributed by atoms with Crippen LogP contribution in [-0.2, 0) is 10.2 Å². The number of aromatic nitrogens is 1. The van der Waals surface area contributed by atoms with E-state index in [9.17, 15) is 4.79 Å². The Kier molecular flexibility index (Phi) is 4.87. The van der Waals surface area contributed by atoms with Gasteiger partial charge in [-0.15, -0.1) is 11.3 Å². The van der Waals surface area contributed by atoms with Crippen molar-refractivity contribution in [3.8, 4) is 0 Å². The van der Waals surface area contributed by atoms with Gasteiger partial charge in [0.05, 0.1) is 5.69 Å². The molecule has 3 aliphatic heterocycles. The van der Waals surface area contributed by atoms with Crippen molar-refractivity contribution in [3.63, 3.8) is 0 Å². The first kappa shape index (κ1) is 19.1. The van der Waals surface area contributed by atoms with Crippen LogP contribution in [0, 0.1) is 6.92 Å². The molecule has 29 heavy (non-hydrogen) atoms. The van der Waals surface area contributed by atoms with Gasteiger partial charge in [0.2, 0.25) is 5.91 Å². The molecule has 4 heterocycles. The summed E-state index contributed by atoms with van der Waals surface area (Å²) in [7, 11) is 0. The molecule has 5 nitrogen and oxygen atoms in total. The van der Waals surface area contributed by atoms with Gasteiger partial charge < -0.3 is 14.7 Å². The van der Waals surface area contributed by atoms with Gasteiger partial charge in [-0.05, 0) is 57.3 Å². The number of fused-ring (bicyclic) bond motifs is 2. The predicted molar refractivity (Wildman–Crippen MR) is 119 cm³/mol. The van der Waals surface area contributed by atoms with Gasteiger partial charge in [-0.2, -0.15) is 0 Å². The number of benzene rings is 1. The number of aryl methyl sites for hydroxylation is 1. The first-order chi connectivity index (χ1) is 14.1. The monoisotopic (exact) mass is 410 g/mol. The van der Waals surface area contributed by atoms with Crippen molar-refractivity contribution < 1.29 is 4.79 Å². The first-order valence-electron chi connectivity index (χ1n) is 10.8. The van der Waals surface area contributed by atoms with Crippen molar-refractivity contribution in [3.05, 3.63) is 40.9 Å². The summed E-state index contributed by atoms with van der Waals surface area (Å²) >= 11 is 1.77. The molecule has 2 aromatic rings. The normalized spacial score (nSPS) is 22.3. The number of carbonyl (C=O) groups is 1. The molecule has 1 spiro atoms. The third-order valence-electron chi connectivity index (χ3n) is 7.22. The number of likely N-dealkylation sites (tertiary alicyclic amines) is 1. The Morgan fingerprint density at radius 1 is 1.14 bits per heavy atom. The highest BCUT2D eigenvalue weighted by molar-refractivity contribution is 7.13. The largest absolute Gasteiger partial charge is 0.348 e. The molecule has 1 amide bonds. The molecular formula is C23H30N4OS. The van der Waals surface area contributed by atoms with Crippen molar-refractivity contribution >= 4 is 28.1 Å². The van der Waals surface area contributed by atoms with E-state index in [2.05, 4.69) is 51.4 Å². The zero-order chi connectivity index (χ0) is 20.0. The third kappa shape index (κ3) is 3.36. The summed E-state index contributed by atoms with van der Waals surface area (Å²) < 4.78 is 0. The number of nitrogens with zero attached hydrogens (tertiary/aromatic N) is 4. The fourth-order valence-corrected chi connectivity index (χ4v) is 6.42. The molecule has 0 bridgehead atoms. The first-order valence-corrected chi connectivity index (χ1v) is 11.7. The predicted octanol–water partition coefficient (Wildman–Crippen LogP) is 3.82. The van der Waals surface area contributed by atoms with Crippen molar-refractivity contribution in [1.29, 1.82) is 0 Å². The number of piperidine rings is 2. The molecule has 0 radical (unpaired) electrons. The van der Waals surface area contributed by atoms with Crippen LogP contribution in [0.2, 0.25) is 0 Å². The Hall–Kier alpha value is -1.92. The molecule has 2 saturated heterocycles. The molecule has 0 unspecified atom stereocenters. The Morgan fingerprint density at radius 2 is 1.86 bits per heavy atom. The average molecular weight is 411 g/mol. The van der Waals surface area contributed by atoms with E-state index in [0.717, 1.165) is 56.9 Å². The quantitative estimate of drug-likeness (QED) is 0.755. The van der Waals surface area contributed by atoms with Gasteiger partial charge in [0.25, 0.3) is 0 Å². The van der Waals surface area contributed by atoms with Gasteiger partial charge in [-0.3, -0.25) is 4.79 Å². The summed E-state index contributed by atoms with van der Waals surface area (Å²) in [5.41, 5.74) is 3.81. The number of thiazole rings is 1. The molecule has 1 aromatic carbocycles. The third-order valence-corrected chi connectivity index (χ3v) is 8.24. The fourth-order valence-electron chi connectivity index (χ4n) is 5.57. The standard InChI is InChI=1S/C23H30N4OS/c1-17-15-29-22(24-17)26-11-7-19(8-12-26)25-13-9-23(10-14-25)16-27(18(2)28)21-6-4-3-5-20(21)23/h3-6,15,19H,7-14,16H2,1-2H3. The second-order valence-corrected chi connectivity index (χ2v) is 9.76. The molecule has 5 rings (SSSR count). The van der Waals surface area contributed by atoms with Crippen molar-refractivity contribution in [2.75, 3.05) is 42.5 Å². The highest BCUT2D eigenvalue weighted by Gasteiger charge is 2.46. The van der Waals surface area contributed by atoms with E-state index >= 15 is 0 Å². The molecule has 0 saturated carbocycles. The van der Waals surface area contributed by atoms with E-state index in [-0.39, 0.29) is 11.3 Å². The Balaban J connectivity index is 1.23. The number of amides is 1. The number of para-hydroxylation sites is 1. The topological polar surface area (TPSA) is 39.7 Å². The molecule has 2 fully saturated rings. The lowest BCUT2D eigenvalue weighted by molar-refractivity contribution is -0.116. The van der Waals surface area contributed by atoms with Gasteiger partial charge in [0, 0.05) is 49.1 Å². The zero-order valence-electron chi connectivity index (χ0n) is 17.4. The number of hydrogen-bond acceptors (Lipinski definition) is 5. The molecule has 0 aliphatic carbocycles. The average Bonchev–Trinajstić information content (AvgIpc) is 3.31. The highest BCUT2D eigenvalue weighted by atomic mass is 32.1. The van der Waals surface area contributed by atoms with Crippen LogP contribution in [-0.4, -0.2) is 54.6 Å². The van der Waals surface area contributed by atoms with Crippen molar-refractivity contribution in [2.45, 2.75) is 51.0 Å². The molecule has 0 N–H and O–H groups in total. The molecule has 154 valence electrons. The van der Waals surface area contributed by atoms with Crippen LogP contribution < -0.4 is 9.80 Å². The SMILES string of the molecule is CC(=O)N1CC2(CCN(C3CCN(c4nc(C)cs4)CC3)CC2)c2ccccc21. The smallest absolute Gasteiger partial charge is 0.223 e. The lowest BCUT2D eigenvalue weighted by atomic mass is 9.74. The van der Waals surface area contributed by atoms with Crippen LogP contribution in [0.1, 0.15) is 43.9 Å². The van der Waals surface area contributed by atoms with Crippen molar-refractivity contribution in [2.24, 2.45) is 0 Å². The molecule has 3 aliphatic rings. The van der Waals surface area contributed by atoms with Crippen LogP contribution in [0.25, 0.3) is 0 Å². The minimum absolute atomic E-state index is 0.151. The van der Waals surface area contributed by atoms with Gasteiger partial charge in [0.15, 0.2) is 5.13 Å². The van der Waals surface area contributed by atoms with E-state index in [1.54, 1.807) is 18.3 Å². The minimum atomic E-state index is 0.151. The number of carbonyl (C=O) groups excluding carboxylic acids is 1. The summed E-state index contributed by atoms with van der Waals surface area (Å²) in [6.45, 7) is 9.13. The Labute approximate surface area is 177 Å². The number of hydrogen-bond donors (Lipinski definition) is 0. The molecule has 6 heteroatoms.